The van der Waals surface area contributed by atoms with Gasteiger partial charge >= 0.3 is 5.97 Å². The molecule has 0 aliphatic heterocycles. The van der Waals surface area contributed by atoms with Crippen molar-refractivity contribution in [2.45, 2.75) is 6.42 Å². The first-order valence-electron chi connectivity index (χ1n) is 4.85. The third-order valence-electron chi connectivity index (χ3n) is 2.06. The molecule has 0 unspecified atom stereocenters. The number of benzene rings is 1. The van der Waals surface area contributed by atoms with Gasteiger partial charge in [-0.25, -0.2) is 0 Å². The van der Waals surface area contributed by atoms with Gasteiger partial charge in [0.05, 0.1) is 26.3 Å². The van der Waals surface area contributed by atoms with Gasteiger partial charge in [-0.2, -0.15) is 0 Å². The second-order valence-corrected chi connectivity index (χ2v) is 3.11. The van der Waals surface area contributed by atoms with Crippen LogP contribution in [0.1, 0.15) is 6.42 Å². The predicted molar refractivity (Wildman–Crippen MR) is 60.3 cm³/mol. The molecule has 2 N–H and O–H groups in total. The summed E-state index contributed by atoms with van der Waals surface area (Å²) < 4.78 is 10.3. The molecular formula is C11H15NO4. The third kappa shape index (κ3) is 3.05. The van der Waals surface area contributed by atoms with Crippen LogP contribution in [0.4, 0.5) is 5.69 Å². The number of hydrogen-bond donors (Lipinski definition) is 2. The average molecular weight is 225 g/mol. The minimum atomic E-state index is -0.839. The number of carboxylic acid groups (broad SMARTS) is 1. The number of aliphatic carboxylic acids is 1. The Morgan fingerprint density at radius 3 is 2.69 bits per heavy atom. The van der Waals surface area contributed by atoms with Gasteiger partial charge in [-0.1, -0.05) is 6.07 Å². The van der Waals surface area contributed by atoms with Crippen molar-refractivity contribution in [3.63, 3.8) is 0 Å². The molecule has 0 amide bonds. The number of para-hydroxylation sites is 1. The van der Waals surface area contributed by atoms with Gasteiger partial charge in [-0.15, -0.1) is 0 Å². The molecule has 0 heterocycles. The van der Waals surface area contributed by atoms with Crippen LogP contribution in [0.15, 0.2) is 18.2 Å². The van der Waals surface area contributed by atoms with Crippen LogP contribution in [0.2, 0.25) is 0 Å². The summed E-state index contributed by atoms with van der Waals surface area (Å²) in [7, 11) is 3.10. The lowest BCUT2D eigenvalue weighted by Crippen LogP contribution is -2.08. The highest BCUT2D eigenvalue weighted by molar-refractivity contribution is 5.68. The Kier molecular flexibility index (Phi) is 4.44. The number of anilines is 1. The van der Waals surface area contributed by atoms with E-state index in [-0.39, 0.29) is 6.42 Å². The van der Waals surface area contributed by atoms with Crippen molar-refractivity contribution >= 4 is 11.7 Å². The molecular weight excluding hydrogens is 210 g/mol. The van der Waals surface area contributed by atoms with Crippen molar-refractivity contribution < 1.29 is 19.4 Å². The molecule has 5 heteroatoms. The summed E-state index contributed by atoms with van der Waals surface area (Å²) in [6.45, 7) is 0.346. The molecule has 1 rings (SSSR count). The second-order valence-electron chi connectivity index (χ2n) is 3.11. The first-order chi connectivity index (χ1) is 7.69. The highest BCUT2D eigenvalue weighted by Crippen LogP contribution is 2.34. The number of methoxy groups -OCH3 is 2. The van der Waals surface area contributed by atoms with Gasteiger partial charge in [-0.05, 0) is 12.1 Å². The quantitative estimate of drug-likeness (QED) is 0.769. The van der Waals surface area contributed by atoms with Crippen LogP contribution < -0.4 is 14.8 Å². The van der Waals surface area contributed by atoms with Crippen LogP contribution in [-0.4, -0.2) is 31.8 Å². The molecule has 88 valence electrons. The van der Waals surface area contributed by atoms with E-state index < -0.39 is 5.97 Å². The van der Waals surface area contributed by atoms with E-state index in [0.717, 1.165) is 5.69 Å². The van der Waals surface area contributed by atoms with Crippen molar-refractivity contribution in [1.29, 1.82) is 0 Å². The highest BCUT2D eigenvalue weighted by atomic mass is 16.5. The molecule has 5 nitrogen and oxygen atoms in total. The maximum Gasteiger partial charge on any atom is 0.305 e. The summed E-state index contributed by atoms with van der Waals surface area (Å²) in [5.41, 5.74) is 0.725. The zero-order chi connectivity index (χ0) is 12.0. The van der Waals surface area contributed by atoms with Gasteiger partial charge < -0.3 is 19.9 Å². The van der Waals surface area contributed by atoms with E-state index in [0.29, 0.717) is 18.0 Å². The van der Waals surface area contributed by atoms with E-state index >= 15 is 0 Å². The first kappa shape index (κ1) is 12.2. The molecule has 0 aliphatic rings. The lowest BCUT2D eigenvalue weighted by molar-refractivity contribution is -0.136. The fourth-order valence-electron chi connectivity index (χ4n) is 1.33. The van der Waals surface area contributed by atoms with E-state index in [1.54, 1.807) is 20.3 Å². The van der Waals surface area contributed by atoms with E-state index in [9.17, 15) is 4.79 Å². The number of carboxylic acids is 1. The molecule has 0 saturated carbocycles. The van der Waals surface area contributed by atoms with Gasteiger partial charge in [0.25, 0.3) is 0 Å². The van der Waals surface area contributed by atoms with Gasteiger partial charge in [-0.3, -0.25) is 4.79 Å². The summed E-state index contributed by atoms with van der Waals surface area (Å²) in [5.74, 6) is 0.354. The van der Waals surface area contributed by atoms with Crippen LogP contribution in [0, 0.1) is 0 Å². The van der Waals surface area contributed by atoms with Crippen molar-refractivity contribution in [3.8, 4) is 11.5 Å². The molecule has 16 heavy (non-hydrogen) atoms. The molecule has 0 fully saturated rings. The number of nitrogens with one attached hydrogen (secondary N) is 1. The number of rotatable bonds is 6. The monoisotopic (exact) mass is 225 g/mol. The number of carbonyl (C=O) groups is 1. The molecule has 0 spiro atoms. The maximum atomic E-state index is 10.4. The van der Waals surface area contributed by atoms with Crippen molar-refractivity contribution in [2.75, 3.05) is 26.1 Å². The van der Waals surface area contributed by atoms with Gasteiger partial charge in [0, 0.05) is 6.54 Å². The van der Waals surface area contributed by atoms with Crippen LogP contribution in [0.3, 0.4) is 0 Å². The fraction of sp³-hybridized carbons (Fsp3) is 0.364. The topological polar surface area (TPSA) is 67.8 Å². The van der Waals surface area contributed by atoms with Crippen molar-refractivity contribution in [1.82, 2.24) is 0 Å². The Bertz CT molecular complexity index is 365. The Balaban J connectivity index is 2.74. The summed E-state index contributed by atoms with van der Waals surface area (Å²) >= 11 is 0. The largest absolute Gasteiger partial charge is 0.493 e. The lowest BCUT2D eigenvalue weighted by Gasteiger charge is -2.13. The number of ether oxygens (including phenoxy) is 2. The summed E-state index contributed by atoms with van der Waals surface area (Å²) in [6, 6.07) is 5.40. The molecule has 0 radical (unpaired) electrons. The highest BCUT2D eigenvalue weighted by Gasteiger charge is 2.08. The minimum absolute atomic E-state index is 0.0559. The van der Waals surface area contributed by atoms with Gasteiger partial charge in [0.15, 0.2) is 11.5 Å². The first-order valence-corrected chi connectivity index (χ1v) is 4.85. The molecule has 0 aromatic heterocycles. The van der Waals surface area contributed by atoms with Crippen LogP contribution >= 0.6 is 0 Å². The Hall–Kier alpha value is -1.91. The molecule has 0 saturated heterocycles. The zero-order valence-corrected chi connectivity index (χ0v) is 9.32. The second kappa shape index (κ2) is 5.85. The van der Waals surface area contributed by atoms with Crippen LogP contribution in [0.5, 0.6) is 11.5 Å². The minimum Gasteiger partial charge on any atom is -0.493 e. The van der Waals surface area contributed by atoms with Gasteiger partial charge in [0.2, 0.25) is 0 Å². The van der Waals surface area contributed by atoms with Gasteiger partial charge in [0.1, 0.15) is 0 Å². The Labute approximate surface area is 94.0 Å². The molecule has 1 aromatic rings. The Morgan fingerprint density at radius 2 is 2.12 bits per heavy atom. The summed E-state index contributed by atoms with van der Waals surface area (Å²) in [4.78, 5) is 10.4. The summed E-state index contributed by atoms with van der Waals surface area (Å²) in [5, 5.41) is 11.5. The maximum absolute atomic E-state index is 10.4. The van der Waals surface area contributed by atoms with Crippen LogP contribution in [0.25, 0.3) is 0 Å². The lowest BCUT2D eigenvalue weighted by atomic mass is 10.2. The predicted octanol–water partition coefficient (Wildman–Crippen LogP) is 1.59. The molecule has 1 aromatic carbocycles. The zero-order valence-electron chi connectivity index (χ0n) is 9.32. The SMILES string of the molecule is COc1cccc(NCCC(=O)O)c1OC. The molecule has 0 bridgehead atoms. The average Bonchev–Trinajstić information content (AvgIpc) is 2.28. The normalized spacial score (nSPS) is 9.62. The number of hydrogen-bond acceptors (Lipinski definition) is 4. The van der Waals surface area contributed by atoms with Crippen LogP contribution in [-0.2, 0) is 4.79 Å². The van der Waals surface area contributed by atoms with Crippen molar-refractivity contribution in [3.05, 3.63) is 18.2 Å². The van der Waals surface area contributed by atoms with E-state index in [2.05, 4.69) is 5.32 Å². The standard InChI is InChI=1S/C11H15NO4/c1-15-9-5-3-4-8(11(9)16-2)12-7-6-10(13)14/h3-5,12H,6-7H2,1-2H3,(H,13,14). The molecule has 0 aliphatic carbocycles. The van der Waals surface area contributed by atoms with E-state index in [1.807, 2.05) is 12.1 Å². The molecule has 0 atom stereocenters. The smallest absolute Gasteiger partial charge is 0.305 e. The Morgan fingerprint density at radius 1 is 1.38 bits per heavy atom. The fourth-order valence-corrected chi connectivity index (χ4v) is 1.33. The third-order valence-corrected chi connectivity index (χ3v) is 2.06. The van der Waals surface area contributed by atoms with Crippen molar-refractivity contribution in [2.24, 2.45) is 0 Å². The summed E-state index contributed by atoms with van der Waals surface area (Å²) in [6.07, 6.45) is 0.0559. The van der Waals surface area contributed by atoms with E-state index in [4.69, 9.17) is 14.6 Å². The van der Waals surface area contributed by atoms with E-state index in [1.165, 1.54) is 0 Å².